The summed E-state index contributed by atoms with van der Waals surface area (Å²) in [5.74, 6) is 0. The van der Waals surface area contributed by atoms with Crippen LogP contribution in [-0.2, 0) is 6.54 Å². The van der Waals surface area contributed by atoms with Crippen molar-refractivity contribution in [3.63, 3.8) is 0 Å². The number of benzene rings is 2. The van der Waals surface area contributed by atoms with Gasteiger partial charge < -0.3 is 5.32 Å². The Labute approximate surface area is 128 Å². The minimum Gasteiger partial charge on any atom is -0.306 e. The second-order valence-corrected chi connectivity index (χ2v) is 5.42. The molecule has 0 aliphatic carbocycles. The molecule has 0 saturated heterocycles. The lowest BCUT2D eigenvalue weighted by Crippen LogP contribution is -2.18. The molecule has 2 aromatic carbocycles. The highest BCUT2D eigenvalue weighted by Crippen LogP contribution is 2.20. The van der Waals surface area contributed by atoms with Gasteiger partial charge in [-0.15, -0.1) is 0 Å². The first kappa shape index (κ1) is 14.9. The normalized spacial score (nSPS) is 11.9. The molecule has 0 fully saturated rings. The van der Waals surface area contributed by atoms with E-state index in [0.29, 0.717) is 17.1 Å². The summed E-state index contributed by atoms with van der Waals surface area (Å²) in [5, 5.41) is 13.6. The zero-order chi connectivity index (χ0) is 14.5. The first-order chi connectivity index (χ1) is 9.60. The third kappa shape index (κ3) is 3.74. The van der Waals surface area contributed by atoms with E-state index in [2.05, 4.69) is 18.3 Å². The lowest BCUT2D eigenvalue weighted by Gasteiger charge is -2.15. The van der Waals surface area contributed by atoms with Crippen molar-refractivity contribution in [1.29, 1.82) is 5.26 Å². The Bertz CT molecular complexity index is 630. The molecule has 0 heterocycles. The molecule has 1 atom stereocenters. The van der Waals surface area contributed by atoms with Crippen LogP contribution in [-0.4, -0.2) is 0 Å². The fourth-order valence-corrected chi connectivity index (χ4v) is 2.27. The van der Waals surface area contributed by atoms with Gasteiger partial charge >= 0.3 is 0 Å². The van der Waals surface area contributed by atoms with E-state index in [0.717, 1.165) is 10.6 Å². The highest BCUT2D eigenvalue weighted by Gasteiger charge is 2.07. The Morgan fingerprint density at radius 3 is 2.45 bits per heavy atom. The second-order valence-electron chi connectivity index (χ2n) is 4.57. The Morgan fingerprint density at radius 1 is 1.15 bits per heavy atom. The Hall–Kier alpha value is -1.53. The molecule has 2 rings (SSSR count). The van der Waals surface area contributed by atoms with Gasteiger partial charge in [-0.3, -0.25) is 0 Å². The highest BCUT2D eigenvalue weighted by molar-refractivity contribution is 6.31. The van der Waals surface area contributed by atoms with Crippen molar-refractivity contribution < 1.29 is 0 Å². The minimum atomic E-state index is 0.193. The summed E-state index contributed by atoms with van der Waals surface area (Å²) in [5.41, 5.74) is 2.72. The molecule has 0 unspecified atom stereocenters. The molecule has 4 heteroatoms. The van der Waals surface area contributed by atoms with E-state index in [-0.39, 0.29) is 6.04 Å². The summed E-state index contributed by atoms with van der Waals surface area (Å²) in [6.07, 6.45) is 0. The molecule has 20 heavy (non-hydrogen) atoms. The first-order valence-electron chi connectivity index (χ1n) is 6.27. The van der Waals surface area contributed by atoms with Crippen molar-refractivity contribution >= 4 is 23.2 Å². The van der Waals surface area contributed by atoms with Gasteiger partial charge in [-0.05, 0) is 42.3 Å². The fourth-order valence-electron chi connectivity index (χ4n) is 1.89. The van der Waals surface area contributed by atoms with Crippen LogP contribution in [0.5, 0.6) is 0 Å². The third-order valence-electron chi connectivity index (χ3n) is 3.15. The van der Waals surface area contributed by atoms with Gasteiger partial charge in [-0.2, -0.15) is 5.26 Å². The van der Waals surface area contributed by atoms with Gasteiger partial charge in [0.2, 0.25) is 0 Å². The molecule has 2 aromatic rings. The number of rotatable bonds is 4. The summed E-state index contributed by atoms with van der Waals surface area (Å²) in [4.78, 5) is 0. The molecule has 0 amide bonds. The fraction of sp³-hybridized carbons (Fsp3) is 0.188. The Balaban J connectivity index is 2.01. The van der Waals surface area contributed by atoms with Crippen LogP contribution < -0.4 is 5.32 Å². The third-order valence-corrected chi connectivity index (χ3v) is 3.75. The summed E-state index contributed by atoms with van der Waals surface area (Å²) < 4.78 is 0. The van der Waals surface area contributed by atoms with Gasteiger partial charge in [0.15, 0.2) is 0 Å². The summed E-state index contributed by atoms with van der Waals surface area (Å²) >= 11 is 12.0. The Morgan fingerprint density at radius 2 is 1.85 bits per heavy atom. The molecular weight excluding hydrogens is 291 g/mol. The van der Waals surface area contributed by atoms with E-state index >= 15 is 0 Å². The van der Waals surface area contributed by atoms with Crippen molar-refractivity contribution in [1.82, 2.24) is 5.32 Å². The molecule has 0 saturated carbocycles. The van der Waals surface area contributed by atoms with E-state index in [1.165, 1.54) is 5.56 Å². The van der Waals surface area contributed by atoms with Crippen LogP contribution in [0.2, 0.25) is 10.0 Å². The number of hydrogen-bond acceptors (Lipinski definition) is 2. The topological polar surface area (TPSA) is 35.8 Å². The monoisotopic (exact) mass is 304 g/mol. The molecule has 0 radical (unpaired) electrons. The molecule has 0 aliphatic rings. The van der Waals surface area contributed by atoms with E-state index in [1.807, 2.05) is 30.3 Å². The maximum Gasteiger partial charge on any atom is 0.0992 e. The van der Waals surface area contributed by atoms with Crippen LogP contribution >= 0.6 is 23.2 Å². The summed E-state index contributed by atoms with van der Waals surface area (Å²) in [6, 6.07) is 15.4. The van der Waals surface area contributed by atoms with Gasteiger partial charge in [0.05, 0.1) is 11.6 Å². The molecular formula is C16H14Cl2N2. The molecule has 0 spiro atoms. The minimum absolute atomic E-state index is 0.193. The quantitative estimate of drug-likeness (QED) is 0.887. The van der Waals surface area contributed by atoms with Crippen molar-refractivity contribution in [2.24, 2.45) is 0 Å². The second kappa shape index (κ2) is 6.76. The van der Waals surface area contributed by atoms with Gasteiger partial charge in [0, 0.05) is 22.6 Å². The average molecular weight is 305 g/mol. The van der Waals surface area contributed by atoms with E-state index in [4.69, 9.17) is 28.5 Å². The maximum atomic E-state index is 8.81. The number of nitrogens with zero attached hydrogens (tertiary/aromatic N) is 1. The standard InChI is InChI=1S/C16H14Cl2N2/c1-11(13-4-6-15(17)7-5-13)20-10-14-3-2-12(9-19)8-16(14)18/h2-8,11,20H,10H2,1H3/t11-/m0/s1. The van der Waals surface area contributed by atoms with Crippen LogP contribution in [0.25, 0.3) is 0 Å². The van der Waals surface area contributed by atoms with E-state index in [1.54, 1.807) is 12.1 Å². The Kier molecular flexibility index (Phi) is 5.03. The number of nitrogens with one attached hydrogen (secondary N) is 1. The van der Waals surface area contributed by atoms with Gasteiger partial charge in [-0.25, -0.2) is 0 Å². The highest BCUT2D eigenvalue weighted by atomic mass is 35.5. The van der Waals surface area contributed by atoms with Crippen LogP contribution in [0.15, 0.2) is 42.5 Å². The first-order valence-corrected chi connectivity index (χ1v) is 7.03. The maximum absolute atomic E-state index is 8.81. The number of hydrogen-bond donors (Lipinski definition) is 1. The van der Waals surface area contributed by atoms with Crippen molar-refractivity contribution in [3.8, 4) is 6.07 Å². The van der Waals surface area contributed by atoms with Crippen molar-refractivity contribution in [2.75, 3.05) is 0 Å². The molecule has 0 bridgehead atoms. The van der Waals surface area contributed by atoms with Gasteiger partial charge in [0.25, 0.3) is 0 Å². The summed E-state index contributed by atoms with van der Waals surface area (Å²) in [6.45, 7) is 2.73. The molecule has 1 N–H and O–H groups in total. The number of nitriles is 1. The van der Waals surface area contributed by atoms with E-state index < -0.39 is 0 Å². The van der Waals surface area contributed by atoms with Crippen LogP contribution in [0.1, 0.15) is 29.7 Å². The van der Waals surface area contributed by atoms with Crippen LogP contribution in [0.3, 0.4) is 0 Å². The largest absolute Gasteiger partial charge is 0.306 e. The van der Waals surface area contributed by atoms with E-state index in [9.17, 15) is 0 Å². The van der Waals surface area contributed by atoms with Crippen molar-refractivity contribution in [3.05, 3.63) is 69.2 Å². The lowest BCUT2D eigenvalue weighted by molar-refractivity contribution is 0.575. The molecule has 0 aromatic heterocycles. The lowest BCUT2D eigenvalue weighted by atomic mass is 10.1. The molecule has 102 valence electrons. The predicted octanol–water partition coefficient (Wildman–Crippen LogP) is 4.72. The van der Waals surface area contributed by atoms with Gasteiger partial charge in [-0.1, -0.05) is 41.4 Å². The number of halogens is 2. The molecule has 0 aliphatic heterocycles. The smallest absolute Gasteiger partial charge is 0.0992 e. The van der Waals surface area contributed by atoms with Crippen LogP contribution in [0.4, 0.5) is 0 Å². The zero-order valence-corrected chi connectivity index (χ0v) is 12.5. The molecule has 2 nitrogen and oxygen atoms in total. The zero-order valence-electron chi connectivity index (χ0n) is 11.0. The SMILES string of the molecule is C[C@H](NCc1ccc(C#N)cc1Cl)c1ccc(Cl)cc1. The van der Waals surface area contributed by atoms with Crippen LogP contribution in [0, 0.1) is 11.3 Å². The summed E-state index contributed by atoms with van der Waals surface area (Å²) in [7, 11) is 0. The average Bonchev–Trinajstić information content (AvgIpc) is 2.46. The van der Waals surface area contributed by atoms with Gasteiger partial charge in [0.1, 0.15) is 0 Å². The van der Waals surface area contributed by atoms with Crippen molar-refractivity contribution in [2.45, 2.75) is 19.5 Å². The predicted molar refractivity (Wildman–Crippen MR) is 82.9 cm³/mol.